The molecule has 190 valence electrons. The van der Waals surface area contributed by atoms with Gasteiger partial charge in [-0.2, -0.15) is 0 Å². The fraction of sp³-hybridized carbons (Fsp3) is 0.552. The molecule has 5 nitrogen and oxygen atoms in total. The molecule has 1 aliphatic carbocycles. The molecule has 0 spiro atoms. The highest BCUT2D eigenvalue weighted by atomic mass is 32.1. The first kappa shape index (κ1) is 25.8. The molecular formula is C29H41N3O2S. The molecule has 2 aromatic rings. The van der Waals surface area contributed by atoms with Gasteiger partial charge >= 0.3 is 0 Å². The number of hydrogen-bond donors (Lipinski definition) is 2. The predicted molar refractivity (Wildman–Crippen MR) is 147 cm³/mol. The van der Waals surface area contributed by atoms with E-state index in [-0.39, 0.29) is 5.41 Å². The van der Waals surface area contributed by atoms with Crippen LogP contribution in [0.3, 0.4) is 0 Å². The molecule has 2 N–H and O–H groups in total. The van der Waals surface area contributed by atoms with Crippen molar-refractivity contribution >= 4 is 17.3 Å². The Bertz CT molecular complexity index is 970. The summed E-state index contributed by atoms with van der Waals surface area (Å²) in [6, 6.07) is 17.9. The second-order valence-corrected chi connectivity index (χ2v) is 10.4. The monoisotopic (exact) mass is 495 g/mol. The number of likely N-dealkylation sites (tertiary alicyclic amines) is 1. The van der Waals surface area contributed by atoms with Crippen LogP contribution in [0.5, 0.6) is 11.5 Å². The summed E-state index contributed by atoms with van der Waals surface area (Å²) in [5, 5.41) is 7.81. The van der Waals surface area contributed by atoms with Gasteiger partial charge in [-0.3, -0.25) is 4.90 Å². The van der Waals surface area contributed by atoms with Crippen LogP contribution in [0.15, 0.2) is 48.5 Å². The average molecular weight is 496 g/mol. The molecule has 2 aromatic carbocycles. The van der Waals surface area contributed by atoms with E-state index in [0.717, 1.165) is 49.0 Å². The Morgan fingerprint density at radius 1 is 1.06 bits per heavy atom. The molecule has 1 saturated carbocycles. The van der Waals surface area contributed by atoms with Crippen LogP contribution >= 0.6 is 12.2 Å². The minimum Gasteiger partial charge on any atom is -0.493 e. The van der Waals surface area contributed by atoms with Gasteiger partial charge in [0.05, 0.1) is 14.2 Å². The van der Waals surface area contributed by atoms with Crippen LogP contribution in [0.1, 0.15) is 63.0 Å². The van der Waals surface area contributed by atoms with Gasteiger partial charge in [-0.25, -0.2) is 0 Å². The first-order valence-corrected chi connectivity index (χ1v) is 13.5. The van der Waals surface area contributed by atoms with Crippen molar-refractivity contribution in [2.75, 3.05) is 27.3 Å². The van der Waals surface area contributed by atoms with Gasteiger partial charge in [0.25, 0.3) is 0 Å². The van der Waals surface area contributed by atoms with Crippen LogP contribution in [0.4, 0.5) is 0 Å². The summed E-state index contributed by atoms with van der Waals surface area (Å²) in [6.07, 6.45) is 8.38. The van der Waals surface area contributed by atoms with Gasteiger partial charge < -0.3 is 20.1 Å². The number of hydrogen-bond acceptors (Lipinski definition) is 4. The molecule has 0 amide bonds. The third-order valence-corrected chi connectivity index (χ3v) is 8.27. The fourth-order valence-electron chi connectivity index (χ4n) is 6.11. The first-order valence-electron chi connectivity index (χ1n) is 13.1. The molecule has 2 aliphatic rings. The summed E-state index contributed by atoms with van der Waals surface area (Å²) in [7, 11) is 3.43. The van der Waals surface area contributed by atoms with Crippen LogP contribution in [0.2, 0.25) is 0 Å². The summed E-state index contributed by atoms with van der Waals surface area (Å²) in [5.41, 5.74) is 2.79. The number of methoxy groups -OCH3 is 2. The number of fused-ring (bicyclic) bond motifs is 1. The SMILES string of the molecule is CCCCCN1CC[C@]2(c3ccc(OC)c(OC)c3)CC[C@@H](NC(=S)NCc3ccccc3)C[C@H]12. The number of benzene rings is 2. The predicted octanol–water partition coefficient (Wildman–Crippen LogP) is 5.42. The molecule has 0 radical (unpaired) electrons. The van der Waals surface area contributed by atoms with E-state index >= 15 is 0 Å². The van der Waals surface area contributed by atoms with Crippen LogP contribution in [-0.4, -0.2) is 49.4 Å². The van der Waals surface area contributed by atoms with Gasteiger partial charge in [-0.15, -0.1) is 0 Å². The van der Waals surface area contributed by atoms with Crippen molar-refractivity contribution in [2.45, 2.75) is 75.9 Å². The van der Waals surface area contributed by atoms with Gasteiger partial charge in [-0.1, -0.05) is 56.2 Å². The quantitative estimate of drug-likeness (QED) is 0.339. The molecule has 1 aliphatic heterocycles. The fourth-order valence-corrected chi connectivity index (χ4v) is 6.34. The van der Waals surface area contributed by atoms with Gasteiger partial charge in [0, 0.05) is 24.0 Å². The highest BCUT2D eigenvalue weighted by Gasteiger charge is 2.51. The van der Waals surface area contributed by atoms with E-state index in [2.05, 4.69) is 64.9 Å². The van der Waals surface area contributed by atoms with Crippen molar-refractivity contribution in [2.24, 2.45) is 0 Å². The number of rotatable bonds is 10. The number of ether oxygens (including phenoxy) is 2. The molecule has 3 atom stereocenters. The smallest absolute Gasteiger partial charge is 0.166 e. The molecular weight excluding hydrogens is 454 g/mol. The Kier molecular flexibility index (Phi) is 8.90. The maximum absolute atomic E-state index is 5.68. The molecule has 2 fully saturated rings. The number of unbranched alkanes of at least 4 members (excludes halogenated alkanes) is 2. The van der Waals surface area contributed by atoms with E-state index < -0.39 is 0 Å². The maximum atomic E-state index is 5.68. The second-order valence-electron chi connectivity index (χ2n) is 10.0. The third-order valence-electron chi connectivity index (χ3n) is 8.01. The van der Waals surface area contributed by atoms with Crippen molar-refractivity contribution < 1.29 is 9.47 Å². The summed E-state index contributed by atoms with van der Waals surface area (Å²) < 4.78 is 11.2. The number of thiocarbonyl (C=S) groups is 1. The van der Waals surface area contributed by atoms with E-state index in [1.807, 2.05) is 6.07 Å². The summed E-state index contributed by atoms with van der Waals surface area (Å²) in [5.74, 6) is 1.63. The van der Waals surface area contributed by atoms with Crippen molar-refractivity contribution in [3.8, 4) is 11.5 Å². The van der Waals surface area contributed by atoms with Crippen LogP contribution < -0.4 is 20.1 Å². The zero-order valence-corrected chi connectivity index (χ0v) is 22.3. The lowest BCUT2D eigenvalue weighted by Crippen LogP contribution is -2.53. The molecule has 6 heteroatoms. The Balaban J connectivity index is 1.48. The Hall–Kier alpha value is -2.31. The van der Waals surface area contributed by atoms with Crippen molar-refractivity contribution in [1.29, 1.82) is 0 Å². The molecule has 0 bridgehead atoms. The van der Waals surface area contributed by atoms with Crippen molar-refractivity contribution in [1.82, 2.24) is 15.5 Å². The average Bonchev–Trinajstić information content (AvgIpc) is 3.26. The summed E-state index contributed by atoms with van der Waals surface area (Å²) in [6.45, 7) is 5.37. The standard InChI is InChI=1S/C29H41N3O2S/c1-4-5-9-17-32-18-16-29(23-12-13-25(33-2)26(19-23)34-3)15-14-24(20-27(29)32)31-28(35)30-21-22-10-7-6-8-11-22/h6-8,10-13,19,24,27H,4-5,9,14-18,20-21H2,1-3H3,(H2,30,31,35)/t24-,27+,29+/m1/s1. The molecule has 0 aromatic heterocycles. The topological polar surface area (TPSA) is 45.8 Å². The molecule has 1 saturated heterocycles. The van der Waals surface area contributed by atoms with Gasteiger partial charge in [0.2, 0.25) is 0 Å². The Morgan fingerprint density at radius 3 is 2.60 bits per heavy atom. The molecule has 35 heavy (non-hydrogen) atoms. The van der Waals surface area contributed by atoms with Gasteiger partial charge in [0.15, 0.2) is 16.6 Å². The van der Waals surface area contributed by atoms with E-state index in [9.17, 15) is 0 Å². The minimum absolute atomic E-state index is 0.156. The van der Waals surface area contributed by atoms with Crippen LogP contribution in [0, 0.1) is 0 Å². The summed E-state index contributed by atoms with van der Waals surface area (Å²) in [4.78, 5) is 2.75. The highest BCUT2D eigenvalue weighted by molar-refractivity contribution is 7.80. The lowest BCUT2D eigenvalue weighted by molar-refractivity contribution is 0.138. The lowest BCUT2D eigenvalue weighted by atomic mass is 9.65. The van der Waals surface area contributed by atoms with E-state index in [1.54, 1.807) is 14.2 Å². The highest BCUT2D eigenvalue weighted by Crippen LogP contribution is 2.50. The summed E-state index contributed by atoms with van der Waals surface area (Å²) >= 11 is 5.68. The third kappa shape index (κ3) is 5.92. The number of nitrogens with one attached hydrogen (secondary N) is 2. The number of nitrogens with zero attached hydrogens (tertiary/aromatic N) is 1. The normalized spacial score (nSPS) is 24.0. The lowest BCUT2D eigenvalue weighted by Gasteiger charge is -2.46. The van der Waals surface area contributed by atoms with Crippen molar-refractivity contribution in [3.05, 3.63) is 59.7 Å². The zero-order chi connectivity index (χ0) is 24.7. The van der Waals surface area contributed by atoms with Crippen molar-refractivity contribution in [3.63, 3.8) is 0 Å². The van der Waals surface area contributed by atoms with E-state index in [0.29, 0.717) is 12.1 Å². The molecule has 0 unspecified atom stereocenters. The van der Waals surface area contributed by atoms with Crippen LogP contribution in [0.25, 0.3) is 0 Å². The largest absolute Gasteiger partial charge is 0.493 e. The molecule has 1 heterocycles. The molecule has 4 rings (SSSR count). The minimum atomic E-state index is 0.156. The van der Waals surface area contributed by atoms with Gasteiger partial charge in [-0.05, 0) is 80.7 Å². The van der Waals surface area contributed by atoms with Gasteiger partial charge in [0.1, 0.15) is 0 Å². The Labute approximate surface area is 216 Å². The Morgan fingerprint density at radius 2 is 1.86 bits per heavy atom. The first-order chi connectivity index (χ1) is 17.1. The second kappa shape index (κ2) is 12.1. The maximum Gasteiger partial charge on any atom is 0.166 e. The van der Waals surface area contributed by atoms with E-state index in [4.69, 9.17) is 21.7 Å². The zero-order valence-electron chi connectivity index (χ0n) is 21.5. The van der Waals surface area contributed by atoms with E-state index in [1.165, 1.54) is 43.4 Å². The van der Waals surface area contributed by atoms with Crippen LogP contribution in [-0.2, 0) is 12.0 Å².